The molecule has 3 heteroatoms. The van der Waals surface area contributed by atoms with Crippen molar-refractivity contribution in [1.82, 2.24) is 0 Å². The summed E-state index contributed by atoms with van der Waals surface area (Å²) in [5.74, 6) is -0.0891. The van der Waals surface area contributed by atoms with Gasteiger partial charge in [-0.25, -0.2) is 0 Å². The highest BCUT2D eigenvalue weighted by Crippen LogP contribution is 2.22. The van der Waals surface area contributed by atoms with Crippen LogP contribution in [0.3, 0.4) is 0 Å². The van der Waals surface area contributed by atoms with Crippen LogP contribution < -0.4 is 0 Å². The van der Waals surface area contributed by atoms with E-state index in [1.54, 1.807) is 6.07 Å². The van der Waals surface area contributed by atoms with Gasteiger partial charge < -0.3 is 9.84 Å². The first-order valence-electron chi connectivity index (χ1n) is 7.10. The molecule has 0 atom stereocenters. The Morgan fingerprint density at radius 1 is 1.05 bits per heavy atom. The van der Waals surface area contributed by atoms with Crippen LogP contribution >= 0.6 is 0 Å². The number of aromatic hydroxyl groups is 1. The molecule has 3 nitrogen and oxygen atoms in total. The third-order valence-electron chi connectivity index (χ3n) is 3.42. The lowest BCUT2D eigenvalue weighted by atomic mass is 10.0. The van der Waals surface area contributed by atoms with E-state index in [1.165, 1.54) is 12.5 Å². The first-order chi connectivity index (χ1) is 10.1. The van der Waals surface area contributed by atoms with Crippen molar-refractivity contribution in [2.45, 2.75) is 33.3 Å². The Balaban J connectivity index is 2.07. The highest BCUT2D eigenvalue weighted by molar-refractivity contribution is 5.65. The monoisotopic (exact) mass is 284 g/mol. The van der Waals surface area contributed by atoms with Gasteiger partial charge in [0.1, 0.15) is 12.4 Å². The van der Waals surface area contributed by atoms with Crippen LogP contribution in [0.5, 0.6) is 5.75 Å². The SMILES string of the molecule is CCc1ccc(Cc2ccc(COC(C)=O)cc2O)cc1. The standard InChI is InChI=1S/C18H20O3/c1-3-14-4-6-15(7-5-14)10-17-9-8-16(11-18(17)20)12-21-13(2)19/h4-9,11,20H,3,10,12H2,1-2H3. The number of carbonyl (C=O) groups excluding carboxylic acids is 1. The summed E-state index contributed by atoms with van der Waals surface area (Å²) in [5, 5.41) is 10.1. The quantitative estimate of drug-likeness (QED) is 0.853. The number of carbonyl (C=O) groups is 1. The molecular formula is C18H20O3. The van der Waals surface area contributed by atoms with Gasteiger partial charge in [0.2, 0.25) is 0 Å². The second kappa shape index (κ2) is 6.93. The molecule has 0 fully saturated rings. The summed E-state index contributed by atoms with van der Waals surface area (Å²) in [6.07, 6.45) is 1.71. The molecule has 0 unspecified atom stereocenters. The number of hydrogen-bond donors (Lipinski definition) is 1. The summed E-state index contributed by atoms with van der Waals surface area (Å²) < 4.78 is 4.92. The zero-order valence-electron chi connectivity index (χ0n) is 12.4. The summed E-state index contributed by atoms with van der Waals surface area (Å²) in [6.45, 7) is 3.69. The second-order valence-electron chi connectivity index (χ2n) is 5.09. The third kappa shape index (κ3) is 4.35. The molecule has 0 aliphatic rings. The van der Waals surface area contributed by atoms with Crippen molar-refractivity contribution in [2.75, 3.05) is 0 Å². The van der Waals surface area contributed by atoms with Crippen molar-refractivity contribution in [2.24, 2.45) is 0 Å². The number of aryl methyl sites for hydroxylation is 1. The van der Waals surface area contributed by atoms with Crippen LogP contribution in [0.15, 0.2) is 42.5 Å². The maximum absolute atomic E-state index is 10.8. The maximum Gasteiger partial charge on any atom is 0.302 e. The zero-order valence-corrected chi connectivity index (χ0v) is 12.4. The van der Waals surface area contributed by atoms with E-state index < -0.39 is 0 Å². The van der Waals surface area contributed by atoms with Gasteiger partial charge in [-0.2, -0.15) is 0 Å². The van der Waals surface area contributed by atoms with Crippen LogP contribution in [-0.4, -0.2) is 11.1 Å². The Morgan fingerprint density at radius 3 is 2.24 bits per heavy atom. The van der Waals surface area contributed by atoms with E-state index in [0.29, 0.717) is 6.42 Å². The fourth-order valence-corrected chi connectivity index (χ4v) is 2.15. The van der Waals surface area contributed by atoms with Crippen molar-refractivity contribution in [1.29, 1.82) is 0 Å². The lowest BCUT2D eigenvalue weighted by Gasteiger charge is -2.08. The molecule has 0 aliphatic heterocycles. The normalized spacial score (nSPS) is 10.4. The van der Waals surface area contributed by atoms with Gasteiger partial charge in [-0.15, -0.1) is 0 Å². The topological polar surface area (TPSA) is 46.5 Å². The van der Waals surface area contributed by atoms with Gasteiger partial charge in [0.05, 0.1) is 0 Å². The Kier molecular flexibility index (Phi) is 4.99. The van der Waals surface area contributed by atoms with Gasteiger partial charge in [0.25, 0.3) is 0 Å². The molecule has 2 aromatic rings. The van der Waals surface area contributed by atoms with Crippen molar-refractivity contribution in [3.05, 3.63) is 64.7 Å². The first-order valence-corrected chi connectivity index (χ1v) is 7.10. The molecule has 2 rings (SSSR count). The van der Waals surface area contributed by atoms with Crippen LogP contribution in [0.25, 0.3) is 0 Å². The number of esters is 1. The van der Waals surface area contributed by atoms with E-state index in [1.807, 2.05) is 12.1 Å². The minimum absolute atomic E-state index is 0.189. The molecule has 0 aromatic heterocycles. The molecule has 0 saturated heterocycles. The van der Waals surface area contributed by atoms with Gasteiger partial charge in [0.15, 0.2) is 0 Å². The number of benzene rings is 2. The molecule has 0 bridgehead atoms. The molecule has 2 aromatic carbocycles. The molecule has 0 amide bonds. The van der Waals surface area contributed by atoms with E-state index >= 15 is 0 Å². The molecule has 110 valence electrons. The fraction of sp³-hybridized carbons (Fsp3) is 0.278. The van der Waals surface area contributed by atoms with Crippen molar-refractivity contribution >= 4 is 5.97 Å². The first kappa shape index (κ1) is 15.1. The highest BCUT2D eigenvalue weighted by atomic mass is 16.5. The molecule has 21 heavy (non-hydrogen) atoms. The Bertz CT molecular complexity index is 615. The number of ether oxygens (including phenoxy) is 1. The highest BCUT2D eigenvalue weighted by Gasteiger charge is 2.05. The summed E-state index contributed by atoms with van der Waals surface area (Å²) in [4.78, 5) is 10.8. The Morgan fingerprint density at radius 2 is 1.67 bits per heavy atom. The van der Waals surface area contributed by atoms with Gasteiger partial charge >= 0.3 is 5.97 Å². The average molecular weight is 284 g/mol. The summed E-state index contributed by atoms with van der Waals surface area (Å²) >= 11 is 0. The molecule has 0 heterocycles. The number of rotatable bonds is 5. The summed E-state index contributed by atoms with van der Waals surface area (Å²) in [5.41, 5.74) is 4.12. The number of hydrogen-bond acceptors (Lipinski definition) is 3. The van der Waals surface area contributed by atoms with E-state index in [4.69, 9.17) is 4.74 Å². The molecule has 0 spiro atoms. The predicted molar refractivity (Wildman–Crippen MR) is 82.2 cm³/mol. The molecular weight excluding hydrogens is 264 g/mol. The van der Waals surface area contributed by atoms with Crippen LogP contribution in [0, 0.1) is 0 Å². The third-order valence-corrected chi connectivity index (χ3v) is 3.42. The van der Waals surface area contributed by atoms with Crippen LogP contribution in [0.4, 0.5) is 0 Å². The largest absolute Gasteiger partial charge is 0.508 e. The lowest BCUT2D eigenvalue weighted by Crippen LogP contribution is -1.99. The predicted octanol–water partition coefficient (Wildman–Crippen LogP) is 3.61. The lowest BCUT2D eigenvalue weighted by molar-refractivity contribution is -0.142. The Hall–Kier alpha value is -2.29. The summed E-state index contributed by atoms with van der Waals surface area (Å²) in [6, 6.07) is 13.8. The molecule has 0 aliphatic carbocycles. The van der Waals surface area contributed by atoms with Crippen molar-refractivity contribution in [3.8, 4) is 5.75 Å². The van der Waals surface area contributed by atoms with Crippen molar-refractivity contribution < 1.29 is 14.6 Å². The maximum atomic E-state index is 10.8. The molecule has 1 N–H and O–H groups in total. The van der Waals surface area contributed by atoms with E-state index in [0.717, 1.165) is 23.1 Å². The number of phenols is 1. The molecule has 0 radical (unpaired) electrons. The van der Waals surface area contributed by atoms with Crippen LogP contribution in [0.2, 0.25) is 0 Å². The zero-order chi connectivity index (χ0) is 15.2. The van der Waals surface area contributed by atoms with Gasteiger partial charge in [-0.1, -0.05) is 43.3 Å². The minimum Gasteiger partial charge on any atom is -0.508 e. The van der Waals surface area contributed by atoms with Crippen molar-refractivity contribution in [3.63, 3.8) is 0 Å². The second-order valence-corrected chi connectivity index (χ2v) is 5.09. The summed E-state index contributed by atoms with van der Waals surface area (Å²) in [7, 11) is 0. The minimum atomic E-state index is -0.324. The van der Waals surface area contributed by atoms with E-state index in [-0.39, 0.29) is 18.3 Å². The fourth-order valence-electron chi connectivity index (χ4n) is 2.15. The average Bonchev–Trinajstić information content (AvgIpc) is 2.48. The Labute approximate surface area is 125 Å². The smallest absolute Gasteiger partial charge is 0.302 e. The van der Waals surface area contributed by atoms with Gasteiger partial charge in [0, 0.05) is 13.3 Å². The van der Waals surface area contributed by atoms with Crippen LogP contribution in [0.1, 0.15) is 36.1 Å². The van der Waals surface area contributed by atoms with E-state index in [2.05, 4.69) is 31.2 Å². The van der Waals surface area contributed by atoms with Gasteiger partial charge in [-0.3, -0.25) is 4.79 Å². The van der Waals surface area contributed by atoms with Gasteiger partial charge in [-0.05, 0) is 34.7 Å². The number of phenolic OH excluding ortho intramolecular Hbond substituents is 1. The molecule has 0 saturated carbocycles. The van der Waals surface area contributed by atoms with E-state index in [9.17, 15) is 9.90 Å². The van der Waals surface area contributed by atoms with Crippen LogP contribution in [-0.2, 0) is 29.0 Å².